The van der Waals surface area contributed by atoms with Crippen LogP contribution in [0.4, 0.5) is 0 Å². The minimum absolute atomic E-state index is 0.134. The molecule has 0 fully saturated rings. The van der Waals surface area contributed by atoms with Crippen LogP contribution in [0.2, 0.25) is 0 Å². The molecule has 108 valence electrons. The molecule has 1 N–H and O–H groups in total. The zero-order valence-electron chi connectivity index (χ0n) is 11.5. The Morgan fingerprint density at radius 2 is 1.89 bits per heavy atom. The number of halogens is 1. The molecule has 0 spiro atoms. The van der Waals surface area contributed by atoms with Crippen molar-refractivity contribution in [1.82, 2.24) is 4.72 Å². The summed E-state index contributed by atoms with van der Waals surface area (Å²) in [5, 5.41) is 0.790. The fourth-order valence-electron chi connectivity index (χ4n) is 1.83. The molecule has 3 nitrogen and oxygen atoms in total. The maximum absolute atomic E-state index is 12.1. The van der Waals surface area contributed by atoms with E-state index in [0.717, 1.165) is 23.7 Å². The van der Waals surface area contributed by atoms with Gasteiger partial charge in [-0.25, -0.2) is 13.1 Å². The molecule has 5 heteroatoms. The first-order valence-corrected chi connectivity index (χ1v) is 9.30. The first kappa shape index (κ1) is 16.7. The van der Waals surface area contributed by atoms with Crippen molar-refractivity contribution in [2.24, 2.45) is 0 Å². The highest BCUT2D eigenvalue weighted by atomic mass is 79.9. The third-order valence-electron chi connectivity index (χ3n) is 3.33. The number of alkyl halides is 1. The summed E-state index contributed by atoms with van der Waals surface area (Å²) >= 11 is 3.37. The van der Waals surface area contributed by atoms with Gasteiger partial charge in [-0.05, 0) is 31.7 Å². The van der Waals surface area contributed by atoms with Crippen LogP contribution in [0.15, 0.2) is 30.3 Å². The SMILES string of the molecule is CCC(C)(CCBr)NS(=O)(=O)CCc1ccccc1. The van der Waals surface area contributed by atoms with E-state index < -0.39 is 10.0 Å². The number of sulfonamides is 1. The molecule has 1 aromatic carbocycles. The fourth-order valence-corrected chi connectivity index (χ4v) is 4.31. The highest BCUT2D eigenvalue weighted by molar-refractivity contribution is 9.09. The van der Waals surface area contributed by atoms with Crippen LogP contribution in [0.3, 0.4) is 0 Å². The van der Waals surface area contributed by atoms with Gasteiger partial charge in [0.1, 0.15) is 0 Å². The molecule has 0 aliphatic rings. The largest absolute Gasteiger partial charge is 0.212 e. The second-order valence-corrected chi connectivity index (χ2v) is 7.64. The Hall–Kier alpha value is -0.390. The standard InChI is InChI=1S/C14H22BrNO2S/c1-3-14(2,10-11-15)16-19(17,18)12-9-13-7-5-4-6-8-13/h4-8,16H,3,9-12H2,1-2H3. The number of rotatable bonds is 8. The van der Waals surface area contributed by atoms with Crippen LogP contribution in [0.5, 0.6) is 0 Å². The maximum atomic E-state index is 12.1. The zero-order valence-corrected chi connectivity index (χ0v) is 13.9. The topological polar surface area (TPSA) is 46.2 Å². The molecular formula is C14H22BrNO2S. The van der Waals surface area contributed by atoms with E-state index in [2.05, 4.69) is 20.7 Å². The summed E-state index contributed by atoms with van der Waals surface area (Å²) in [7, 11) is -3.24. The van der Waals surface area contributed by atoms with E-state index >= 15 is 0 Å². The Kier molecular flexibility index (Phi) is 6.50. The van der Waals surface area contributed by atoms with E-state index in [9.17, 15) is 8.42 Å². The van der Waals surface area contributed by atoms with Gasteiger partial charge in [-0.2, -0.15) is 0 Å². The van der Waals surface area contributed by atoms with E-state index in [4.69, 9.17) is 0 Å². The molecule has 19 heavy (non-hydrogen) atoms. The number of benzene rings is 1. The summed E-state index contributed by atoms with van der Waals surface area (Å²) in [6.07, 6.45) is 2.11. The van der Waals surface area contributed by atoms with Crippen molar-refractivity contribution in [2.75, 3.05) is 11.1 Å². The lowest BCUT2D eigenvalue weighted by Crippen LogP contribution is -2.46. The molecule has 0 saturated carbocycles. The second-order valence-electron chi connectivity index (χ2n) is 5.01. The third kappa shape index (κ3) is 6.06. The van der Waals surface area contributed by atoms with E-state index in [1.807, 2.05) is 44.2 Å². The fraction of sp³-hybridized carbons (Fsp3) is 0.571. The Morgan fingerprint density at radius 1 is 1.26 bits per heavy atom. The first-order chi connectivity index (χ1) is 8.91. The minimum atomic E-state index is -3.24. The van der Waals surface area contributed by atoms with Crippen LogP contribution in [-0.4, -0.2) is 25.0 Å². The van der Waals surface area contributed by atoms with Crippen molar-refractivity contribution >= 4 is 26.0 Å². The van der Waals surface area contributed by atoms with Gasteiger partial charge in [0.25, 0.3) is 0 Å². The molecule has 0 amide bonds. The molecule has 0 aromatic heterocycles. The summed E-state index contributed by atoms with van der Waals surface area (Å²) in [5.41, 5.74) is 0.686. The Bertz CT molecular complexity index is 475. The summed E-state index contributed by atoms with van der Waals surface area (Å²) in [5.74, 6) is 0.134. The van der Waals surface area contributed by atoms with Crippen LogP contribution in [-0.2, 0) is 16.4 Å². The summed E-state index contributed by atoms with van der Waals surface area (Å²) in [4.78, 5) is 0. The molecule has 0 saturated heterocycles. The lowest BCUT2D eigenvalue weighted by Gasteiger charge is -2.28. The average molecular weight is 348 g/mol. The number of nitrogens with one attached hydrogen (secondary N) is 1. The Morgan fingerprint density at radius 3 is 2.42 bits per heavy atom. The van der Waals surface area contributed by atoms with E-state index in [1.165, 1.54) is 0 Å². The Balaban J connectivity index is 2.61. The summed E-state index contributed by atoms with van der Waals surface area (Å²) in [6.45, 7) is 3.96. The first-order valence-electron chi connectivity index (χ1n) is 6.52. The smallest absolute Gasteiger partial charge is 0.212 e. The monoisotopic (exact) mass is 347 g/mol. The number of hydrogen-bond donors (Lipinski definition) is 1. The van der Waals surface area contributed by atoms with Gasteiger partial charge in [0.15, 0.2) is 0 Å². The van der Waals surface area contributed by atoms with Crippen molar-refractivity contribution < 1.29 is 8.42 Å². The highest BCUT2D eigenvalue weighted by Crippen LogP contribution is 2.17. The van der Waals surface area contributed by atoms with Crippen LogP contribution >= 0.6 is 15.9 Å². The predicted molar refractivity (Wildman–Crippen MR) is 84.2 cm³/mol. The molecule has 0 radical (unpaired) electrons. The lowest BCUT2D eigenvalue weighted by molar-refractivity contribution is 0.392. The van der Waals surface area contributed by atoms with Gasteiger partial charge >= 0.3 is 0 Å². The molecule has 1 unspecified atom stereocenters. The molecule has 0 aliphatic carbocycles. The van der Waals surface area contributed by atoms with Crippen molar-refractivity contribution in [3.63, 3.8) is 0 Å². The van der Waals surface area contributed by atoms with Crippen LogP contribution in [0.25, 0.3) is 0 Å². The van der Waals surface area contributed by atoms with Crippen molar-refractivity contribution in [2.45, 2.75) is 38.6 Å². The van der Waals surface area contributed by atoms with Crippen LogP contribution in [0.1, 0.15) is 32.3 Å². The lowest BCUT2D eigenvalue weighted by atomic mass is 9.98. The van der Waals surface area contributed by atoms with Gasteiger partial charge in [-0.3, -0.25) is 0 Å². The van der Waals surface area contributed by atoms with E-state index in [0.29, 0.717) is 6.42 Å². The normalized spacial score (nSPS) is 15.1. The average Bonchev–Trinajstić information content (AvgIpc) is 2.37. The Labute approximate surface area is 125 Å². The number of hydrogen-bond acceptors (Lipinski definition) is 2. The summed E-state index contributed by atoms with van der Waals surface area (Å²) in [6, 6.07) is 9.69. The van der Waals surface area contributed by atoms with Gasteiger partial charge in [-0.15, -0.1) is 0 Å². The van der Waals surface area contributed by atoms with Gasteiger partial charge in [0.05, 0.1) is 5.75 Å². The highest BCUT2D eigenvalue weighted by Gasteiger charge is 2.26. The van der Waals surface area contributed by atoms with Gasteiger partial charge in [-0.1, -0.05) is 53.2 Å². The quantitative estimate of drug-likeness (QED) is 0.734. The summed E-state index contributed by atoms with van der Waals surface area (Å²) < 4.78 is 27.1. The second kappa shape index (κ2) is 7.41. The van der Waals surface area contributed by atoms with Crippen molar-refractivity contribution in [3.05, 3.63) is 35.9 Å². The van der Waals surface area contributed by atoms with Gasteiger partial charge in [0, 0.05) is 10.9 Å². The number of aryl methyl sites for hydroxylation is 1. The van der Waals surface area contributed by atoms with Gasteiger partial charge in [0.2, 0.25) is 10.0 Å². The van der Waals surface area contributed by atoms with Crippen molar-refractivity contribution in [1.29, 1.82) is 0 Å². The molecular weight excluding hydrogens is 326 g/mol. The molecule has 1 rings (SSSR count). The minimum Gasteiger partial charge on any atom is -0.212 e. The van der Waals surface area contributed by atoms with Crippen LogP contribution < -0.4 is 4.72 Å². The molecule has 0 heterocycles. The molecule has 1 aromatic rings. The third-order valence-corrected chi connectivity index (χ3v) is 5.27. The maximum Gasteiger partial charge on any atom is 0.212 e. The zero-order chi connectivity index (χ0) is 14.4. The molecule has 1 atom stereocenters. The predicted octanol–water partition coefficient (Wildman–Crippen LogP) is 3.10. The van der Waals surface area contributed by atoms with E-state index in [1.54, 1.807) is 0 Å². The molecule has 0 aliphatic heterocycles. The molecule has 0 bridgehead atoms. The van der Waals surface area contributed by atoms with Crippen molar-refractivity contribution in [3.8, 4) is 0 Å². The van der Waals surface area contributed by atoms with E-state index in [-0.39, 0.29) is 11.3 Å². The van der Waals surface area contributed by atoms with Gasteiger partial charge < -0.3 is 0 Å². The van der Waals surface area contributed by atoms with Crippen LogP contribution in [0, 0.1) is 0 Å².